The Morgan fingerprint density at radius 3 is 2.38 bits per heavy atom. The van der Waals surface area contributed by atoms with Crippen LogP contribution in [0.4, 0.5) is 0 Å². The monoisotopic (exact) mass is 354 g/mol. The van der Waals surface area contributed by atoms with E-state index in [-0.39, 0.29) is 12.0 Å². The highest BCUT2D eigenvalue weighted by Gasteiger charge is 2.19. The zero-order chi connectivity index (χ0) is 18.9. The second-order valence-corrected chi connectivity index (χ2v) is 6.39. The molecule has 3 atom stereocenters. The second kappa shape index (κ2) is 9.78. The van der Waals surface area contributed by atoms with Crippen LogP contribution in [-0.4, -0.2) is 23.3 Å². The maximum absolute atomic E-state index is 12.0. The van der Waals surface area contributed by atoms with Crippen LogP contribution in [0.5, 0.6) is 5.75 Å². The third kappa shape index (κ3) is 6.05. The molecular formula is C22H26O4. The Kier molecular flexibility index (Phi) is 7.42. The van der Waals surface area contributed by atoms with Crippen LogP contribution in [0.3, 0.4) is 0 Å². The van der Waals surface area contributed by atoms with Gasteiger partial charge in [0.25, 0.3) is 0 Å². The smallest absolute Gasteiger partial charge is 0.331 e. The van der Waals surface area contributed by atoms with Gasteiger partial charge in [-0.3, -0.25) is 0 Å². The zero-order valence-corrected chi connectivity index (χ0v) is 15.5. The van der Waals surface area contributed by atoms with Crippen LogP contribution in [-0.2, 0) is 16.1 Å². The fraction of sp³-hybridized carbons (Fsp3) is 0.318. The molecule has 0 aliphatic carbocycles. The third-order valence-corrected chi connectivity index (χ3v) is 4.36. The lowest BCUT2D eigenvalue weighted by molar-refractivity contribution is -0.146. The lowest BCUT2D eigenvalue weighted by Gasteiger charge is -2.21. The van der Waals surface area contributed by atoms with Crippen LogP contribution < -0.4 is 4.74 Å². The van der Waals surface area contributed by atoms with Crippen LogP contribution in [0.2, 0.25) is 0 Å². The minimum absolute atomic E-state index is 0.131. The van der Waals surface area contributed by atoms with Crippen LogP contribution in [0.1, 0.15) is 31.9 Å². The summed E-state index contributed by atoms with van der Waals surface area (Å²) in [7, 11) is 0. The first kappa shape index (κ1) is 19.7. The van der Waals surface area contributed by atoms with Crippen molar-refractivity contribution in [2.45, 2.75) is 39.6 Å². The van der Waals surface area contributed by atoms with E-state index in [9.17, 15) is 9.90 Å². The van der Waals surface area contributed by atoms with Gasteiger partial charge < -0.3 is 14.6 Å². The Labute approximate surface area is 155 Å². The first-order valence-electron chi connectivity index (χ1n) is 8.80. The molecule has 0 bridgehead atoms. The molecule has 0 radical (unpaired) electrons. The lowest BCUT2D eigenvalue weighted by atomic mass is 10.0. The fourth-order valence-electron chi connectivity index (χ4n) is 2.36. The van der Waals surface area contributed by atoms with Crippen molar-refractivity contribution in [3.05, 3.63) is 71.8 Å². The molecule has 0 saturated carbocycles. The van der Waals surface area contributed by atoms with Gasteiger partial charge in [0.05, 0.1) is 6.10 Å². The first-order chi connectivity index (χ1) is 12.5. The summed E-state index contributed by atoms with van der Waals surface area (Å²) in [6.07, 6.45) is 2.17. The number of para-hydroxylation sites is 1. The SMILES string of the molecule is CC([C@H](C)O)[C@@H](C)OC(=O)C=Cc1ccccc1OCc1ccccc1. The van der Waals surface area contributed by atoms with Crippen molar-refractivity contribution < 1.29 is 19.4 Å². The van der Waals surface area contributed by atoms with E-state index in [2.05, 4.69) is 0 Å². The van der Waals surface area contributed by atoms with E-state index in [4.69, 9.17) is 9.47 Å². The molecule has 0 heterocycles. The molecule has 4 heteroatoms. The van der Waals surface area contributed by atoms with Gasteiger partial charge in [0.2, 0.25) is 0 Å². The number of hydrogen-bond acceptors (Lipinski definition) is 4. The van der Waals surface area contributed by atoms with Gasteiger partial charge >= 0.3 is 5.97 Å². The Balaban J connectivity index is 1.98. The summed E-state index contributed by atoms with van der Waals surface area (Å²) in [6, 6.07) is 17.4. The molecule has 4 nitrogen and oxygen atoms in total. The highest BCUT2D eigenvalue weighted by Crippen LogP contribution is 2.21. The van der Waals surface area contributed by atoms with Gasteiger partial charge in [-0.15, -0.1) is 0 Å². The maximum atomic E-state index is 12.0. The Hall–Kier alpha value is -2.59. The highest BCUT2D eigenvalue weighted by molar-refractivity contribution is 5.87. The largest absolute Gasteiger partial charge is 0.488 e. The van der Waals surface area contributed by atoms with Gasteiger partial charge in [-0.2, -0.15) is 0 Å². The number of esters is 1. The van der Waals surface area contributed by atoms with Gasteiger partial charge in [0.1, 0.15) is 18.5 Å². The summed E-state index contributed by atoms with van der Waals surface area (Å²) < 4.78 is 11.2. The predicted molar refractivity (Wildman–Crippen MR) is 103 cm³/mol. The number of hydrogen-bond donors (Lipinski definition) is 1. The highest BCUT2D eigenvalue weighted by atomic mass is 16.5. The number of carbonyl (C=O) groups is 1. The average Bonchev–Trinajstić information content (AvgIpc) is 2.65. The summed E-state index contributed by atoms with van der Waals surface area (Å²) in [5.74, 6) is 0.127. The molecule has 26 heavy (non-hydrogen) atoms. The summed E-state index contributed by atoms with van der Waals surface area (Å²) in [5.41, 5.74) is 1.88. The molecule has 0 fully saturated rings. The fourth-order valence-corrected chi connectivity index (χ4v) is 2.36. The molecule has 0 aliphatic rings. The number of aliphatic hydroxyl groups excluding tert-OH is 1. The van der Waals surface area contributed by atoms with Crippen LogP contribution in [0, 0.1) is 5.92 Å². The van der Waals surface area contributed by atoms with E-state index in [0.717, 1.165) is 11.1 Å². The number of ether oxygens (including phenoxy) is 2. The third-order valence-electron chi connectivity index (χ3n) is 4.36. The van der Waals surface area contributed by atoms with Crippen LogP contribution >= 0.6 is 0 Å². The van der Waals surface area contributed by atoms with Crippen molar-refractivity contribution in [1.29, 1.82) is 0 Å². The van der Waals surface area contributed by atoms with Gasteiger partial charge in [-0.25, -0.2) is 4.79 Å². The summed E-state index contributed by atoms with van der Waals surface area (Å²) in [5, 5.41) is 9.58. The Morgan fingerprint density at radius 2 is 1.69 bits per heavy atom. The molecule has 2 aromatic rings. The van der Waals surface area contributed by atoms with Crippen LogP contribution in [0.15, 0.2) is 60.7 Å². The molecule has 2 rings (SSSR count). The topological polar surface area (TPSA) is 55.8 Å². The Bertz CT molecular complexity index is 722. The van der Waals surface area contributed by atoms with Crippen molar-refractivity contribution in [1.82, 2.24) is 0 Å². The second-order valence-electron chi connectivity index (χ2n) is 6.39. The van der Waals surface area contributed by atoms with Crippen molar-refractivity contribution >= 4 is 12.0 Å². The van der Waals surface area contributed by atoms with Crippen molar-refractivity contribution in [3.8, 4) is 5.75 Å². The number of aliphatic hydroxyl groups is 1. The normalized spacial score (nSPS) is 14.6. The number of benzene rings is 2. The van der Waals surface area contributed by atoms with Gasteiger partial charge in [-0.1, -0.05) is 55.5 Å². The number of rotatable bonds is 8. The molecule has 0 amide bonds. The van der Waals surface area contributed by atoms with Gasteiger partial charge in [0.15, 0.2) is 0 Å². The van der Waals surface area contributed by atoms with Crippen molar-refractivity contribution in [2.75, 3.05) is 0 Å². The zero-order valence-electron chi connectivity index (χ0n) is 15.5. The molecule has 0 aromatic heterocycles. The first-order valence-corrected chi connectivity index (χ1v) is 8.80. The van der Waals surface area contributed by atoms with E-state index < -0.39 is 12.1 Å². The van der Waals surface area contributed by atoms with Gasteiger partial charge in [-0.05, 0) is 31.6 Å². The van der Waals surface area contributed by atoms with Gasteiger partial charge in [0, 0.05) is 17.6 Å². The van der Waals surface area contributed by atoms with Crippen molar-refractivity contribution in [3.63, 3.8) is 0 Å². The summed E-state index contributed by atoms with van der Waals surface area (Å²) >= 11 is 0. The lowest BCUT2D eigenvalue weighted by Crippen LogP contribution is -2.28. The summed E-state index contributed by atoms with van der Waals surface area (Å²) in [4.78, 5) is 12.0. The minimum Gasteiger partial charge on any atom is -0.488 e. The Morgan fingerprint density at radius 1 is 1.04 bits per heavy atom. The minimum atomic E-state index is -0.533. The molecule has 0 saturated heterocycles. The predicted octanol–water partition coefficient (Wildman–Crippen LogP) is 4.23. The molecule has 0 spiro atoms. The van der Waals surface area contributed by atoms with E-state index in [1.807, 2.05) is 61.5 Å². The maximum Gasteiger partial charge on any atom is 0.331 e. The van der Waals surface area contributed by atoms with E-state index >= 15 is 0 Å². The molecule has 0 aliphatic heterocycles. The van der Waals surface area contributed by atoms with E-state index in [0.29, 0.717) is 12.4 Å². The average molecular weight is 354 g/mol. The van der Waals surface area contributed by atoms with E-state index in [1.165, 1.54) is 6.08 Å². The molecule has 1 unspecified atom stereocenters. The quantitative estimate of drug-likeness (QED) is 0.569. The number of carbonyl (C=O) groups excluding carboxylic acids is 1. The molecule has 138 valence electrons. The molecule has 1 N–H and O–H groups in total. The molecular weight excluding hydrogens is 328 g/mol. The molecule has 2 aromatic carbocycles. The van der Waals surface area contributed by atoms with E-state index in [1.54, 1.807) is 19.9 Å². The van der Waals surface area contributed by atoms with Crippen molar-refractivity contribution in [2.24, 2.45) is 5.92 Å². The van der Waals surface area contributed by atoms with Crippen LogP contribution in [0.25, 0.3) is 6.08 Å². The summed E-state index contributed by atoms with van der Waals surface area (Å²) in [6.45, 7) is 5.77. The standard InChI is InChI=1S/C22H26O4/c1-16(17(2)23)18(3)26-22(24)14-13-20-11-7-8-12-21(20)25-15-19-9-5-4-6-10-19/h4-14,16-18,23H,15H2,1-3H3/t16?,17-,18+/m0/s1.